The van der Waals surface area contributed by atoms with E-state index >= 15 is 0 Å². The van der Waals surface area contributed by atoms with E-state index in [2.05, 4.69) is 22.4 Å². The first kappa shape index (κ1) is 19.6. The van der Waals surface area contributed by atoms with Crippen LogP contribution in [0.15, 0.2) is 85.1 Å². The van der Waals surface area contributed by atoms with E-state index in [9.17, 15) is 4.79 Å². The zero-order valence-corrected chi connectivity index (χ0v) is 16.8. The Bertz CT molecular complexity index is 1100. The summed E-state index contributed by atoms with van der Waals surface area (Å²) in [7, 11) is 1.65. The molecule has 0 radical (unpaired) electrons. The quantitative estimate of drug-likeness (QED) is 0.458. The van der Waals surface area contributed by atoms with Crippen LogP contribution in [0.25, 0.3) is 10.9 Å². The van der Waals surface area contributed by atoms with Crippen LogP contribution in [-0.2, 0) is 4.79 Å². The van der Waals surface area contributed by atoms with Crippen LogP contribution in [0.2, 0.25) is 0 Å². The SMILES string of the molecule is COc1ccc([C@@H](CNC(=O)COc2ccccc2)c2c[nH]c3ccccc23)cc1. The number of ether oxygens (including phenoxy) is 2. The van der Waals surface area contributed by atoms with Gasteiger partial charge in [0.2, 0.25) is 0 Å². The fourth-order valence-electron chi connectivity index (χ4n) is 3.56. The summed E-state index contributed by atoms with van der Waals surface area (Å²) in [6.45, 7) is 0.443. The van der Waals surface area contributed by atoms with Crippen molar-refractivity contribution in [1.29, 1.82) is 0 Å². The third-order valence-corrected chi connectivity index (χ3v) is 5.13. The fourth-order valence-corrected chi connectivity index (χ4v) is 3.56. The predicted molar refractivity (Wildman–Crippen MR) is 118 cm³/mol. The topological polar surface area (TPSA) is 63.4 Å². The van der Waals surface area contributed by atoms with Crippen molar-refractivity contribution in [3.8, 4) is 11.5 Å². The average Bonchev–Trinajstić information content (AvgIpc) is 3.23. The molecule has 1 atom stereocenters. The van der Waals surface area contributed by atoms with Gasteiger partial charge in [-0.05, 0) is 41.5 Å². The molecular weight excluding hydrogens is 376 g/mol. The van der Waals surface area contributed by atoms with E-state index in [0.29, 0.717) is 12.3 Å². The standard InChI is InChI=1S/C25H24N2O3/c1-29-19-13-11-18(12-14-19)22(23-16-26-24-10-6-5-9-21(23)24)15-27-25(28)17-30-20-7-3-2-4-8-20/h2-14,16,22,26H,15,17H2,1H3,(H,27,28)/t22-/m1/s1. The highest BCUT2D eigenvalue weighted by molar-refractivity contribution is 5.84. The van der Waals surface area contributed by atoms with Gasteiger partial charge in [-0.25, -0.2) is 0 Å². The monoisotopic (exact) mass is 400 g/mol. The van der Waals surface area contributed by atoms with E-state index in [4.69, 9.17) is 9.47 Å². The summed E-state index contributed by atoms with van der Waals surface area (Å²) in [5, 5.41) is 4.17. The summed E-state index contributed by atoms with van der Waals surface area (Å²) in [4.78, 5) is 15.8. The molecule has 30 heavy (non-hydrogen) atoms. The molecule has 5 nitrogen and oxygen atoms in total. The van der Waals surface area contributed by atoms with Crippen molar-refractivity contribution in [2.45, 2.75) is 5.92 Å². The summed E-state index contributed by atoms with van der Waals surface area (Å²) in [5.74, 6) is 1.32. The molecule has 0 aliphatic heterocycles. The van der Waals surface area contributed by atoms with Gasteiger partial charge in [-0.15, -0.1) is 0 Å². The Hall–Kier alpha value is -3.73. The normalized spacial score (nSPS) is 11.8. The maximum absolute atomic E-state index is 12.4. The zero-order valence-electron chi connectivity index (χ0n) is 16.8. The Morgan fingerprint density at radius 2 is 1.67 bits per heavy atom. The van der Waals surface area contributed by atoms with Crippen molar-refractivity contribution >= 4 is 16.8 Å². The highest BCUT2D eigenvalue weighted by atomic mass is 16.5. The molecule has 4 aromatic rings. The van der Waals surface area contributed by atoms with Gasteiger partial charge in [-0.3, -0.25) is 4.79 Å². The Labute approximate surface area is 175 Å². The summed E-state index contributed by atoms with van der Waals surface area (Å²) in [5.41, 5.74) is 3.31. The molecule has 0 aliphatic carbocycles. The Kier molecular flexibility index (Phi) is 5.99. The predicted octanol–water partition coefficient (Wildman–Crippen LogP) is 4.50. The number of hydrogen-bond acceptors (Lipinski definition) is 3. The molecule has 2 N–H and O–H groups in total. The molecule has 1 amide bonds. The largest absolute Gasteiger partial charge is 0.497 e. The molecule has 3 aromatic carbocycles. The number of H-pyrrole nitrogens is 1. The third kappa shape index (κ3) is 4.46. The second-order valence-corrected chi connectivity index (χ2v) is 7.02. The van der Waals surface area contributed by atoms with E-state index in [-0.39, 0.29) is 18.4 Å². The Morgan fingerprint density at radius 1 is 0.933 bits per heavy atom. The number of benzene rings is 3. The van der Waals surface area contributed by atoms with Crippen LogP contribution in [0.4, 0.5) is 0 Å². The second-order valence-electron chi connectivity index (χ2n) is 7.02. The van der Waals surface area contributed by atoms with Gasteiger partial charge in [-0.1, -0.05) is 48.5 Å². The highest BCUT2D eigenvalue weighted by Crippen LogP contribution is 2.31. The van der Waals surface area contributed by atoms with E-state index in [1.807, 2.05) is 72.9 Å². The summed E-state index contributed by atoms with van der Waals surface area (Å²) < 4.78 is 10.9. The van der Waals surface area contributed by atoms with Crippen LogP contribution in [0.1, 0.15) is 17.0 Å². The smallest absolute Gasteiger partial charge is 0.257 e. The molecular formula is C25H24N2O3. The van der Waals surface area contributed by atoms with Crippen LogP contribution < -0.4 is 14.8 Å². The van der Waals surface area contributed by atoms with Crippen LogP contribution in [0, 0.1) is 0 Å². The number of carbonyl (C=O) groups is 1. The van der Waals surface area contributed by atoms with Crippen LogP contribution >= 0.6 is 0 Å². The van der Waals surface area contributed by atoms with Crippen LogP contribution in [0.5, 0.6) is 11.5 Å². The van der Waals surface area contributed by atoms with Crippen LogP contribution in [0.3, 0.4) is 0 Å². The number of amides is 1. The summed E-state index contributed by atoms with van der Waals surface area (Å²) in [6, 6.07) is 25.5. The van der Waals surface area contributed by atoms with Crippen molar-refractivity contribution in [2.24, 2.45) is 0 Å². The van der Waals surface area contributed by atoms with Crippen LogP contribution in [-0.4, -0.2) is 31.2 Å². The van der Waals surface area contributed by atoms with E-state index in [1.165, 1.54) is 0 Å². The number of carbonyl (C=O) groups excluding carboxylic acids is 1. The molecule has 5 heteroatoms. The van der Waals surface area contributed by atoms with Crippen molar-refractivity contribution in [3.05, 3.63) is 96.2 Å². The van der Waals surface area contributed by atoms with Gasteiger partial charge in [0, 0.05) is 29.6 Å². The highest BCUT2D eigenvalue weighted by Gasteiger charge is 2.19. The lowest BCUT2D eigenvalue weighted by Crippen LogP contribution is -2.32. The van der Waals surface area contributed by atoms with E-state index in [0.717, 1.165) is 27.8 Å². The number of aromatic nitrogens is 1. The molecule has 0 saturated heterocycles. The minimum Gasteiger partial charge on any atom is -0.497 e. The van der Waals surface area contributed by atoms with Crippen molar-refractivity contribution < 1.29 is 14.3 Å². The lowest BCUT2D eigenvalue weighted by molar-refractivity contribution is -0.123. The van der Waals surface area contributed by atoms with Crippen molar-refractivity contribution in [1.82, 2.24) is 10.3 Å². The average molecular weight is 400 g/mol. The van der Waals surface area contributed by atoms with Gasteiger partial charge in [0.25, 0.3) is 5.91 Å². The number of aromatic amines is 1. The van der Waals surface area contributed by atoms with Gasteiger partial charge in [0.15, 0.2) is 6.61 Å². The summed E-state index contributed by atoms with van der Waals surface area (Å²) in [6.07, 6.45) is 2.02. The third-order valence-electron chi connectivity index (χ3n) is 5.13. The molecule has 0 bridgehead atoms. The van der Waals surface area contributed by atoms with Gasteiger partial charge < -0.3 is 19.8 Å². The van der Waals surface area contributed by atoms with Gasteiger partial charge in [-0.2, -0.15) is 0 Å². The number of para-hydroxylation sites is 2. The van der Waals surface area contributed by atoms with Crippen molar-refractivity contribution in [3.63, 3.8) is 0 Å². The van der Waals surface area contributed by atoms with Gasteiger partial charge >= 0.3 is 0 Å². The lowest BCUT2D eigenvalue weighted by Gasteiger charge is -2.19. The molecule has 1 heterocycles. The first-order valence-electron chi connectivity index (χ1n) is 9.89. The minimum atomic E-state index is -0.155. The van der Waals surface area contributed by atoms with E-state index < -0.39 is 0 Å². The van der Waals surface area contributed by atoms with Gasteiger partial charge in [0.05, 0.1) is 7.11 Å². The summed E-state index contributed by atoms with van der Waals surface area (Å²) >= 11 is 0. The number of methoxy groups -OCH3 is 1. The molecule has 152 valence electrons. The second kappa shape index (κ2) is 9.18. The number of fused-ring (bicyclic) bond motifs is 1. The van der Waals surface area contributed by atoms with Crippen molar-refractivity contribution in [2.75, 3.05) is 20.3 Å². The fraction of sp³-hybridized carbons (Fsp3) is 0.160. The molecule has 0 aliphatic rings. The number of hydrogen-bond donors (Lipinski definition) is 2. The minimum absolute atomic E-state index is 0.00673. The molecule has 1 aromatic heterocycles. The van der Waals surface area contributed by atoms with Gasteiger partial charge in [0.1, 0.15) is 11.5 Å². The first-order chi connectivity index (χ1) is 14.7. The molecule has 4 rings (SSSR count). The lowest BCUT2D eigenvalue weighted by atomic mass is 9.91. The number of nitrogens with one attached hydrogen (secondary N) is 2. The Balaban J connectivity index is 1.52. The van der Waals surface area contributed by atoms with E-state index in [1.54, 1.807) is 7.11 Å². The number of rotatable bonds is 8. The zero-order chi connectivity index (χ0) is 20.8. The molecule has 0 unspecified atom stereocenters. The Morgan fingerprint density at radius 3 is 2.43 bits per heavy atom. The molecule has 0 saturated carbocycles. The maximum atomic E-state index is 12.4. The molecule has 0 spiro atoms. The maximum Gasteiger partial charge on any atom is 0.257 e. The molecule has 0 fully saturated rings. The first-order valence-corrected chi connectivity index (χ1v) is 9.89.